The Morgan fingerprint density at radius 1 is 1.33 bits per heavy atom. The second-order valence-electron chi connectivity index (χ2n) is 5.55. The van der Waals surface area contributed by atoms with Gasteiger partial charge in [-0.1, -0.05) is 19.1 Å². The van der Waals surface area contributed by atoms with E-state index in [9.17, 15) is 0 Å². The average Bonchev–Trinajstić information content (AvgIpc) is 2.52. The summed E-state index contributed by atoms with van der Waals surface area (Å²) in [6.45, 7) is 9.28. The van der Waals surface area contributed by atoms with E-state index in [1.807, 2.05) is 0 Å². The Bertz CT molecular complexity index is 456. The molecule has 1 heterocycles. The number of aryl methyl sites for hydroxylation is 1. The van der Waals surface area contributed by atoms with Crippen molar-refractivity contribution >= 4 is 0 Å². The molecule has 0 radical (unpaired) electrons. The Hall–Kier alpha value is -1.10. The zero-order valence-corrected chi connectivity index (χ0v) is 13.6. The molecule has 1 N–H and O–H groups in total. The summed E-state index contributed by atoms with van der Waals surface area (Å²) in [6, 6.07) is 4.39. The van der Waals surface area contributed by atoms with Gasteiger partial charge >= 0.3 is 0 Å². The second-order valence-corrected chi connectivity index (χ2v) is 5.55. The van der Waals surface area contributed by atoms with Crippen molar-refractivity contribution in [1.82, 2.24) is 5.32 Å². The molecular weight excluding hydrogens is 266 g/mol. The largest absolute Gasteiger partial charge is 0.496 e. The molecule has 4 heteroatoms. The lowest BCUT2D eigenvalue weighted by Gasteiger charge is -2.32. The zero-order chi connectivity index (χ0) is 15.2. The van der Waals surface area contributed by atoms with Gasteiger partial charge in [-0.05, 0) is 37.9 Å². The molecule has 118 valence electrons. The van der Waals surface area contributed by atoms with Crippen LogP contribution in [0.1, 0.15) is 36.1 Å². The highest BCUT2D eigenvalue weighted by Crippen LogP contribution is 2.33. The normalized spacial score (nSPS) is 20.3. The van der Waals surface area contributed by atoms with E-state index in [-0.39, 0.29) is 12.1 Å². The molecule has 2 rings (SSSR count). The Kier molecular flexibility index (Phi) is 6.03. The molecule has 1 fully saturated rings. The lowest BCUT2D eigenvalue weighted by Crippen LogP contribution is -2.41. The minimum Gasteiger partial charge on any atom is -0.496 e. The van der Waals surface area contributed by atoms with Crippen LogP contribution in [0.3, 0.4) is 0 Å². The fraction of sp³-hybridized carbons (Fsp3) is 0.647. The maximum atomic E-state index is 5.92. The summed E-state index contributed by atoms with van der Waals surface area (Å²) in [5.74, 6) is 0.956. The van der Waals surface area contributed by atoms with Gasteiger partial charge in [0.2, 0.25) is 0 Å². The predicted octanol–water partition coefficient (Wildman–Crippen LogP) is 2.77. The molecule has 0 spiro atoms. The SMILES string of the molecule is CCCNC(c1ccc(C)c(C)c1OC)C1COCCO1. The lowest BCUT2D eigenvalue weighted by atomic mass is 9.95. The molecule has 1 saturated heterocycles. The van der Waals surface area contributed by atoms with Gasteiger partial charge in [-0.2, -0.15) is 0 Å². The van der Waals surface area contributed by atoms with Crippen molar-refractivity contribution in [2.75, 3.05) is 33.5 Å². The third-order valence-corrected chi connectivity index (χ3v) is 4.07. The molecule has 2 atom stereocenters. The standard InChI is InChI=1S/C17H27NO3/c1-5-8-18-16(15-11-20-9-10-21-15)14-7-6-12(2)13(3)17(14)19-4/h6-7,15-16,18H,5,8-11H2,1-4H3. The molecule has 21 heavy (non-hydrogen) atoms. The molecule has 0 amide bonds. The highest BCUT2D eigenvalue weighted by molar-refractivity contribution is 5.47. The van der Waals surface area contributed by atoms with Gasteiger partial charge in [0.15, 0.2) is 0 Å². The lowest BCUT2D eigenvalue weighted by molar-refractivity contribution is -0.102. The van der Waals surface area contributed by atoms with Gasteiger partial charge in [-0.25, -0.2) is 0 Å². The van der Waals surface area contributed by atoms with Gasteiger partial charge in [-0.3, -0.25) is 0 Å². The molecule has 0 saturated carbocycles. The maximum absolute atomic E-state index is 5.92. The fourth-order valence-electron chi connectivity index (χ4n) is 2.77. The van der Waals surface area contributed by atoms with Gasteiger partial charge in [0.05, 0.1) is 33.0 Å². The van der Waals surface area contributed by atoms with Gasteiger partial charge in [-0.15, -0.1) is 0 Å². The van der Waals surface area contributed by atoms with Crippen molar-refractivity contribution in [2.24, 2.45) is 0 Å². The van der Waals surface area contributed by atoms with Crippen LogP contribution < -0.4 is 10.1 Å². The number of ether oxygens (including phenoxy) is 3. The van der Waals surface area contributed by atoms with Crippen LogP contribution in [0, 0.1) is 13.8 Å². The third kappa shape index (κ3) is 3.76. The van der Waals surface area contributed by atoms with E-state index in [0.717, 1.165) is 24.3 Å². The van der Waals surface area contributed by atoms with E-state index in [4.69, 9.17) is 14.2 Å². The first kappa shape index (κ1) is 16.3. The number of rotatable bonds is 6. The molecule has 1 aliphatic heterocycles. The predicted molar refractivity (Wildman–Crippen MR) is 84.1 cm³/mol. The first-order chi connectivity index (χ1) is 10.2. The number of hydrogen-bond acceptors (Lipinski definition) is 4. The van der Waals surface area contributed by atoms with Crippen molar-refractivity contribution in [3.05, 3.63) is 28.8 Å². The molecular formula is C17H27NO3. The van der Waals surface area contributed by atoms with Crippen LogP contribution in [-0.4, -0.2) is 39.6 Å². The molecule has 1 aromatic rings. The maximum Gasteiger partial charge on any atom is 0.126 e. The molecule has 4 nitrogen and oxygen atoms in total. The Morgan fingerprint density at radius 3 is 2.76 bits per heavy atom. The molecule has 0 aliphatic carbocycles. The Balaban J connectivity index is 2.33. The van der Waals surface area contributed by atoms with Crippen LogP contribution in [0.5, 0.6) is 5.75 Å². The molecule has 0 bridgehead atoms. The van der Waals surface area contributed by atoms with E-state index in [1.54, 1.807) is 7.11 Å². The van der Waals surface area contributed by atoms with Crippen LogP contribution in [0.15, 0.2) is 12.1 Å². The van der Waals surface area contributed by atoms with Crippen LogP contribution in [0.25, 0.3) is 0 Å². The van der Waals surface area contributed by atoms with E-state index < -0.39 is 0 Å². The van der Waals surface area contributed by atoms with Gasteiger partial charge in [0.25, 0.3) is 0 Å². The topological polar surface area (TPSA) is 39.7 Å². The summed E-state index contributed by atoms with van der Waals surface area (Å²) >= 11 is 0. The monoisotopic (exact) mass is 293 g/mol. The summed E-state index contributed by atoms with van der Waals surface area (Å²) in [5, 5.41) is 3.59. The number of methoxy groups -OCH3 is 1. The number of nitrogens with one attached hydrogen (secondary N) is 1. The summed E-state index contributed by atoms with van der Waals surface area (Å²) in [4.78, 5) is 0. The summed E-state index contributed by atoms with van der Waals surface area (Å²) in [5.41, 5.74) is 3.59. The van der Waals surface area contributed by atoms with Gasteiger partial charge in [0, 0.05) is 5.56 Å². The summed E-state index contributed by atoms with van der Waals surface area (Å²) in [7, 11) is 1.74. The second kappa shape index (κ2) is 7.78. The van der Waals surface area contributed by atoms with Crippen molar-refractivity contribution in [3.8, 4) is 5.75 Å². The minimum absolute atomic E-state index is 0.0290. The quantitative estimate of drug-likeness (QED) is 0.875. The third-order valence-electron chi connectivity index (χ3n) is 4.07. The average molecular weight is 293 g/mol. The zero-order valence-electron chi connectivity index (χ0n) is 13.6. The Labute approximate surface area is 127 Å². The van der Waals surface area contributed by atoms with Crippen LogP contribution >= 0.6 is 0 Å². The van der Waals surface area contributed by atoms with Crippen LogP contribution in [0.2, 0.25) is 0 Å². The molecule has 1 aromatic carbocycles. The van der Waals surface area contributed by atoms with E-state index in [2.05, 4.69) is 38.2 Å². The van der Waals surface area contributed by atoms with Gasteiger partial charge in [0.1, 0.15) is 11.9 Å². The minimum atomic E-state index is 0.0290. The first-order valence-corrected chi connectivity index (χ1v) is 7.75. The molecule has 1 aliphatic rings. The van der Waals surface area contributed by atoms with E-state index in [1.165, 1.54) is 11.1 Å². The van der Waals surface area contributed by atoms with Crippen molar-refractivity contribution in [3.63, 3.8) is 0 Å². The summed E-state index contributed by atoms with van der Waals surface area (Å²) < 4.78 is 17.2. The van der Waals surface area contributed by atoms with Crippen molar-refractivity contribution < 1.29 is 14.2 Å². The highest BCUT2D eigenvalue weighted by atomic mass is 16.6. The Morgan fingerprint density at radius 2 is 2.14 bits per heavy atom. The van der Waals surface area contributed by atoms with Gasteiger partial charge < -0.3 is 19.5 Å². The smallest absolute Gasteiger partial charge is 0.126 e. The number of hydrogen-bond donors (Lipinski definition) is 1. The number of benzene rings is 1. The van der Waals surface area contributed by atoms with E-state index in [0.29, 0.717) is 19.8 Å². The van der Waals surface area contributed by atoms with Crippen molar-refractivity contribution in [1.29, 1.82) is 0 Å². The van der Waals surface area contributed by atoms with Crippen molar-refractivity contribution in [2.45, 2.75) is 39.3 Å². The van der Waals surface area contributed by atoms with E-state index >= 15 is 0 Å². The highest BCUT2D eigenvalue weighted by Gasteiger charge is 2.29. The summed E-state index contributed by atoms with van der Waals surface area (Å²) in [6.07, 6.45) is 1.11. The fourth-order valence-corrected chi connectivity index (χ4v) is 2.77. The molecule has 0 aromatic heterocycles. The van der Waals surface area contributed by atoms with Crippen LogP contribution in [0.4, 0.5) is 0 Å². The molecule has 2 unspecified atom stereocenters. The first-order valence-electron chi connectivity index (χ1n) is 7.75. The van der Waals surface area contributed by atoms with Crippen LogP contribution in [-0.2, 0) is 9.47 Å².